The van der Waals surface area contributed by atoms with Gasteiger partial charge in [-0.25, -0.2) is 8.42 Å². The summed E-state index contributed by atoms with van der Waals surface area (Å²) >= 11 is 0. The van der Waals surface area contributed by atoms with Crippen molar-refractivity contribution in [1.29, 1.82) is 0 Å². The van der Waals surface area contributed by atoms with Crippen molar-refractivity contribution in [2.75, 3.05) is 31.5 Å². The maximum atomic E-state index is 12.9. The first-order chi connectivity index (χ1) is 14.1. The molecule has 12 heteroatoms. The second-order valence-corrected chi connectivity index (χ2v) is 8.94. The zero-order chi connectivity index (χ0) is 22.1. The van der Waals surface area contributed by atoms with Gasteiger partial charge < -0.3 is 9.84 Å². The number of carbonyl (C=O) groups is 1. The second-order valence-electron chi connectivity index (χ2n) is 7.06. The minimum Gasteiger partial charge on any atom is -0.360 e. The number of piperazine rings is 1. The van der Waals surface area contributed by atoms with Gasteiger partial charge in [0.05, 0.1) is 11.0 Å². The molecule has 3 rings (SSSR count). The lowest BCUT2D eigenvalue weighted by atomic mass is 10.2. The van der Waals surface area contributed by atoms with Gasteiger partial charge >= 0.3 is 0 Å². The van der Waals surface area contributed by atoms with Gasteiger partial charge in [0.25, 0.3) is 5.69 Å². The van der Waals surface area contributed by atoms with Crippen LogP contribution in [0.5, 0.6) is 0 Å². The summed E-state index contributed by atoms with van der Waals surface area (Å²) in [6, 6.07) is 5.08. The molecule has 2 aromatic rings. The Balaban J connectivity index is 1.60. The largest absolute Gasteiger partial charge is 0.360 e. The molecule has 0 saturated carbocycles. The van der Waals surface area contributed by atoms with Gasteiger partial charge in [-0.05, 0) is 32.9 Å². The Labute approximate surface area is 173 Å². The van der Waals surface area contributed by atoms with Crippen LogP contribution in [0.1, 0.15) is 18.4 Å². The predicted molar refractivity (Wildman–Crippen MR) is 107 cm³/mol. The third-order valence-electron chi connectivity index (χ3n) is 5.11. The van der Waals surface area contributed by atoms with Gasteiger partial charge in [-0.1, -0.05) is 5.16 Å². The van der Waals surface area contributed by atoms with Crippen molar-refractivity contribution >= 4 is 27.3 Å². The lowest BCUT2D eigenvalue weighted by molar-refractivity contribution is -0.384. The fourth-order valence-corrected chi connectivity index (χ4v) is 5.10. The Morgan fingerprint density at radius 3 is 2.30 bits per heavy atom. The number of nitrogens with zero attached hydrogens (tertiary/aromatic N) is 4. The Hall–Kier alpha value is -2.83. The highest BCUT2D eigenvalue weighted by molar-refractivity contribution is 7.89. The van der Waals surface area contributed by atoms with Gasteiger partial charge in [0, 0.05) is 44.0 Å². The van der Waals surface area contributed by atoms with Crippen molar-refractivity contribution < 1.29 is 22.7 Å². The molecule has 0 bridgehead atoms. The molecule has 1 saturated heterocycles. The third-order valence-corrected chi connectivity index (χ3v) is 7.26. The lowest BCUT2D eigenvalue weighted by Crippen LogP contribution is -2.54. The SMILES string of the molecule is Cc1noc(C)c1S(=O)(=O)N1CCN([C@H](C)C(=O)Nc2ccc([N+](=O)[O-])cc2)CC1. The molecular formula is C18H23N5O6S. The summed E-state index contributed by atoms with van der Waals surface area (Å²) in [7, 11) is -3.71. The van der Waals surface area contributed by atoms with Gasteiger partial charge in [0.15, 0.2) is 5.76 Å². The van der Waals surface area contributed by atoms with Crippen LogP contribution < -0.4 is 5.32 Å². The van der Waals surface area contributed by atoms with Crippen LogP contribution in [0, 0.1) is 24.0 Å². The van der Waals surface area contributed by atoms with Crippen LogP contribution in [-0.2, 0) is 14.8 Å². The van der Waals surface area contributed by atoms with Crippen LogP contribution >= 0.6 is 0 Å². The predicted octanol–water partition coefficient (Wildman–Crippen LogP) is 1.53. The van der Waals surface area contributed by atoms with E-state index < -0.39 is 21.0 Å². The third kappa shape index (κ3) is 4.35. The highest BCUT2D eigenvalue weighted by atomic mass is 32.2. The number of nitro groups is 1. The molecule has 2 heterocycles. The number of hydrogen-bond acceptors (Lipinski definition) is 8. The summed E-state index contributed by atoms with van der Waals surface area (Å²) in [5, 5.41) is 17.2. The normalized spacial score (nSPS) is 16.9. The molecule has 1 aromatic heterocycles. The number of aryl methyl sites for hydroxylation is 2. The number of rotatable bonds is 6. The maximum absolute atomic E-state index is 12.9. The minimum absolute atomic E-state index is 0.0586. The fraction of sp³-hybridized carbons (Fsp3) is 0.444. The number of anilines is 1. The Morgan fingerprint density at radius 1 is 1.20 bits per heavy atom. The summed E-state index contributed by atoms with van der Waals surface area (Å²) in [4.78, 5) is 24.7. The number of aromatic nitrogens is 1. The molecule has 162 valence electrons. The van der Waals surface area contributed by atoms with E-state index in [1.165, 1.54) is 28.6 Å². The molecular weight excluding hydrogens is 414 g/mol. The molecule has 0 aliphatic carbocycles. The van der Waals surface area contributed by atoms with Crippen LogP contribution in [0.4, 0.5) is 11.4 Å². The molecule has 0 unspecified atom stereocenters. The topological polar surface area (TPSA) is 139 Å². The van der Waals surface area contributed by atoms with Crippen LogP contribution in [0.15, 0.2) is 33.7 Å². The van der Waals surface area contributed by atoms with E-state index in [4.69, 9.17) is 4.52 Å². The van der Waals surface area contributed by atoms with Gasteiger partial charge in [0.2, 0.25) is 15.9 Å². The number of amides is 1. The highest BCUT2D eigenvalue weighted by Crippen LogP contribution is 2.24. The van der Waals surface area contributed by atoms with Gasteiger partial charge in [-0.15, -0.1) is 0 Å². The van der Waals surface area contributed by atoms with Crippen molar-refractivity contribution in [3.8, 4) is 0 Å². The molecule has 30 heavy (non-hydrogen) atoms. The summed E-state index contributed by atoms with van der Waals surface area (Å²) in [6.07, 6.45) is 0. The molecule has 1 N–H and O–H groups in total. The zero-order valence-corrected chi connectivity index (χ0v) is 17.7. The summed E-state index contributed by atoms with van der Waals surface area (Å²) in [6.45, 7) is 6.13. The number of carbonyl (C=O) groups excluding carboxylic acids is 1. The van der Waals surface area contributed by atoms with Crippen LogP contribution in [0.2, 0.25) is 0 Å². The molecule has 1 aliphatic rings. The number of hydrogen-bond donors (Lipinski definition) is 1. The molecule has 1 aromatic carbocycles. The Morgan fingerprint density at radius 2 is 1.80 bits per heavy atom. The minimum atomic E-state index is -3.71. The van der Waals surface area contributed by atoms with Crippen LogP contribution in [0.3, 0.4) is 0 Å². The summed E-state index contributed by atoms with van der Waals surface area (Å²) in [5.41, 5.74) is 0.722. The number of nitrogens with one attached hydrogen (secondary N) is 1. The van der Waals surface area contributed by atoms with Gasteiger partial charge in [0.1, 0.15) is 10.6 Å². The number of benzene rings is 1. The van der Waals surface area contributed by atoms with E-state index >= 15 is 0 Å². The van der Waals surface area contributed by atoms with Crippen LogP contribution in [-0.4, -0.2) is 65.8 Å². The fourth-order valence-electron chi connectivity index (χ4n) is 3.38. The second kappa shape index (κ2) is 8.50. The zero-order valence-electron chi connectivity index (χ0n) is 16.9. The molecule has 1 aliphatic heterocycles. The van der Waals surface area contributed by atoms with E-state index in [1.807, 2.05) is 4.90 Å². The van der Waals surface area contributed by atoms with Crippen LogP contribution in [0.25, 0.3) is 0 Å². The van der Waals surface area contributed by atoms with E-state index in [0.717, 1.165) is 0 Å². The number of non-ortho nitro benzene ring substituents is 1. The first-order valence-electron chi connectivity index (χ1n) is 9.33. The van der Waals surface area contributed by atoms with E-state index in [-0.39, 0.29) is 35.3 Å². The average molecular weight is 437 g/mol. The number of sulfonamides is 1. The molecule has 1 fully saturated rings. The average Bonchev–Trinajstić information content (AvgIpc) is 3.06. The number of nitro benzene ring substituents is 1. The van der Waals surface area contributed by atoms with Crippen molar-refractivity contribution in [3.63, 3.8) is 0 Å². The lowest BCUT2D eigenvalue weighted by Gasteiger charge is -2.36. The standard InChI is InChI=1S/C18H23N5O6S/c1-12-17(14(3)29-20-12)30(27,28)22-10-8-21(9-11-22)13(2)18(24)19-15-4-6-16(7-5-15)23(25)26/h4-7,13H,8-11H2,1-3H3,(H,19,24)/t13-/m1/s1. The first kappa shape index (κ1) is 21.9. The molecule has 0 radical (unpaired) electrons. The Kier molecular flexibility index (Phi) is 6.19. The van der Waals surface area contributed by atoms with Crippen molar-refractivity contribution in [2.24, 2.45) is 0 Å². The molecule has 0 spiro atoms. The van der Waals surface area contributed by atoms with Crippen molar-refractivity contribution in [1.82, 2.24) is 14.4 Å². The summed E-state index contributed by atoms with van der Waals surface area (Å²) < 4.78 is 32.2. The van der Waals surface area contributed by atoms with E-state index in [2.05, 4.69) is 10.5 Å². The van der Waals surface area contributed by atoms with Gasteiger partial charge in [-0.2, -0.15) is 4.31 Å². The monoisotopic (exact) mass is 437 g/mol. The smallest absolute Gasteiger partial charge is 0.269 e. The molecule has 11 nitrogen and oxygen atoms in total. The highest BCUT2D eigenvalue weighted by Gasteiger charge is 2.35. The Bertz CT molecular complexity index is 1020. The van der Waals surface area contributed by atoms with E-state index in [0.29, 0.717) is 24.5 Å². The van der Waals surface area contributed by atoms with E-state index in [1.54, 1.807) is 20.8 Å². The summed E-state index contributed by atoms with van der Waals surface area (Å²) in [5.74, 6) is -0.0170. The molecule has 1 atom stereocenters. The van der Waals surface area contributed by atoms with Crippen molar-refractivity contribution in [2.45, 2.75) is 31.7 Å². The van der Waals surface area contributed by atoms with Crippen molar-refractivity contribution in [3.05, 3.63) is 45.8 Å². The van der Waals surface area contributed by atoms with Gasteiger partial charge in [-0.3, -0.25) is 19.8 Å². The maximum Gasteiger partial charge on any atom is 0.269 e. The van der Waals surface area contributed by atoms with E-state index in [9.17, 15) is 23.3 Å². The first-order valence-corrected chi connectivity index (χ1v) is 10.8. The molecule has 1 amide bonds. The quantitative estimate of drug-likeness (QED) is 0.530.